The molecule has 0 bridgehead atoms. The number of unbranched alkanes of at least 4 members (excludes halogenated alkanes) is 2. The van der Waals surface area contributed by atoms with Crippen LogP contribution >= 0.6 is 0 Å². The molecule has 0 radical (unpaired) electrons. The Labute approximate surface area is 122 Å². The van der Waals surface area contributed by atoms with E-state index in [0.717, 1.165) is 12.2 Å². The van der Waals surface area contributed by atoms with Crippen LogP contribution in [-0.4, -0.2) is 27.6 Å². The van der Waals surface area contributed by atoms with Gasteiger partial charge in [-0.2, -0.15) is 0 Å². The van der Waals surface area contributed by atoms with Gasteiger partial charge in [0.05, 0.1) is 0 Å². The predicted molar refractivity (Wildman–Crippen MR) is 80.7 cm³/mol. The smallest absolute Gasteiger partial charge is 0.290 e. The van der Waals surface area contributed by atoms with Crippen LogP contribution in [0.1, 0.15) is 82.7 Å². The molecule has 20 heavy (non-hydrogen) atoms. The van der Waals surface area contributed by atoms with E-state index in [1.807, 2.05) is 13.8 Å². The molecule has 0 fully saturated rings. The van der Waals surface area contributed by atoms with Crippen LogP contribution in [-0.2, 0) is 0 Å². The minimum Gasteiger partial charge on any atom is -0.349 e. The lowest BCUT2D eigenvalue weighted by molar-refractivity contribution is 0.0924. The largest absolute Gasteiger partial charge is 0.349 e. The van der Waals surface area contributed by atoms with Crippen LogP contribution in [0.25, 0.3) is 0 Å². The quantitative estimate of drug-likeness (QED) is 0.718. The van der Waals surface area contributed by atoms with E-state index >= 15 is 0 Å². The molecule has 0 saturated heterocycles. The minimum atomic E-state index is -0.197. The molecule has 1 amide bonds. The van der Waals surface area contributed by atoms with Crippen molar-refractivity contribution in [2.24, 2.45) is 5.41 Å². The molecule has 5 heteroatoms. The van der Waals surface area contributed by atoms with Crippen LogP contribution in [0.2, 0.25) is 0 Å². The standard InChI is InChI=1S/C15H28N4O/c1-6-7-8-9-15(4,5)10-16-14(20)13-17-12(11(2)3)18-19-13/h11H,6-10H2,1-5H3,(H,16,20)(H,17,18,19). The molecule has 0 atom stereocenters. The zero-order valence-corrected chi connectivity index (χ0v) is 13.4. The van der Waals surface area contributed by atoms with Crippen LogP contribution in [0.5, 0.6) is 0 Å². The molecule has 0 aliphatic carbocycles. The van der Waals surface area contributed by atoms with E-state index in [2.05, 4.69) is 41.3 Å². The number of aromatic nitrogens is 3. The second kappa shape index (κ2) is 7.41. The van der Waals surface area contributed by atoms with E-state index in [0.29, 0.717) is 6.54 Å². The fourth-order valence-electron chi connectivity index (χ4n) is 1.97. The third-order valence-electron chi connectivity index (χ3n) is 3.44. The first kappa shape index (κ1) is 16.7. The topological polar surface area (TPSA) is 70.7 Å². The maximum absolute atomic E-state index is 12.0. The van der Waals surface area contributed by atoms with E-state index < -0.39 is 0 Å². The summed E-state index contributed by atoms with van der Waals surface area (Å²) in [7, 11) is 0. The summed E-state index contributed by atoms with van der Waals surface area (Å²) in [5, 5.41) is 9.70. The van der Waals surface area contributed by atoms with Gasteiger partial charge >= 0.3 is 0 Å². The minimum absolute atomic E-state index is 0.113. The number of amides is 1. The Morgan fingerprint density at radius 3 is 2.60 bits per heavy atom. The summed E-state index contributed by atoms with van der Waals surface area (Å²) in [4.78, 5) is 16.2. The molecular formula is C15H28N4O. The van der Waals surface area contributed by atoms with Gasteiger partial charge in [0.1, 0.15) is 5.82 Å². The summed E-state index contributed by atoms with van der Waals surface area (Å²) in [6, 6.07) is 0. The van der Waals surface area contributed by atoms with Gasteiger partial charge in [0, 0.05) is 12.5 Å². The third kappa shape index (κ3) is 5.31. The van der Waals surface area contributed by atoms with Crippen LogP contribution < -0.4 is 5.32 Å². The molecule has 1 aromatic rings. The second-order valence-electron chi connectivity index (χ2n) is 6.50. The van der Waals surface area contributed by atoms with E-state index in [9.17, 15) is 4.79 Å². The van der Waals surface area contributed by atoms with Gasteiger partial charge in [-0.15, -0.1) is 5.10 Å². The van der Waals surface area contributed by atoms with Gasteiger partial charge in [-0.3, -0.25) is 9.89 Å². The molecule has 1 rings (SSSR count). The van der Waals surface area contributed by atoms with Gasteiger partial charge < -0.3 is 5.32 Å². The summed E-state index contributed by atoms with van der Waals surface area (Å²) in [6.07, 6.45) is 4.79. The van der Waals surface area contributed by atoms with E-state index in [1.165, 1.54) is 19.3 Å². The second-order valence-corrected chi connectivity index (χ2v) is 6.50. The van der Waals surface area contributed by atoms with Crippen molar-refractivity contribution < 1.29 is 4.79 Å². The summed E-state index contributed by atoms with van der Waals surface area (Å²) >= 11 is 0. The Kier molecular flexibility index (Phi) is 6.17. The monoisotopic (exact) mass is 280 g/mol. The Bertz CT molecular complexity index is 423. The highest BCUT2D eigenvalue weighted by atomic mass is 16.2. The van der Waals surface area contributed by atoms with Crippen molar-refractivity contribution in [1.29, 1.82) is 0 Å². The first-order valence-corrected chi connectivity index (χ1v) is 7.56. The molecule has 0 spiro atoms. The highest BCUT2D eigenvalue weighted by Gasteiger charge is 2.20. The van der Waals surface area contributed by atoms with Crippen LogP contribution in [0.4, 0.5) is 0 Å². The zero-order valence-electron chi connectivity index (χ0n) is 13.4. The summed E-state index contributed by atoms with van der Waals surface area (Å²) < 4.78 is 0. The number of hydrogen-bond donors (Lipinski definition) is 2. The normalized spacial score (nSPS) is 11.9. The third-order valence-corrected chi connectivity index (χ3v) is 3.44. The first-order valence-electron chi connectivity index (χ1n) is 7.56. The number of H-pyrrole nitrogens is 1. The van der Waals surface area contributed by atoms with Crippen molar-refractivity contribution in [3.63, 3.8) is 0 Å². The van der Waals surface area contributed by atoms with Crippen molar-refractivity contribution in [1.82, 2.24) is 20.5 Å². The summed E-state index contributed by atoms with van der Waals surface area (Å²) in [5.41, 5.74) is 0.113. The molecule has 0 aliphatic heterocycles. The molecule has 0 saturated carbocycles. The van der Waals surface area contributed by atoms with Gasteiger partial charge in [-0.25, -0.2) is 4.98 Å². The van der Waals surface area contributed by atoms with Crippen LogP contribution in [0, 0.1) is 5.41 Å². The summed E-state index contributed by atoms with van der Waals surface area (Å²) in [6.45, 7) is 11.2. The number of nitrogens with one attached hydrogen (secondary N) is 2. The van der Waals surface area contributed by atoms with Gasteiger partial charge in [0.2, 0.25) is 5.82 Å². The average Bonchev–Trinajstić information content (AvgIpc) is 2.86. The lowest BCUT2D eigenvalue weighted by atomic mass is 9.87. The van der Waals surface area contributed by atoms with Crippen molar-refractivity contribution in [3.8, 4) is 0 Å². The molecule has 1 aromatic heterocycles. The number of hydrogen-bond acceptors (Lipinski definition) is 3. The Hall–Kier alpha value is -1.39. The molecule has 0 unspecified atom stereocenters. The number of carbonyl (C=O) groups excluding carboxylic acids is 1. The lowest BCUT2D eigenvalue weighted by Gasteiger charge is -2.24. The average molecular weight is 280 g/mol. The Balaban J connectivity index is 2.45. The van der Waals surface area contributed by atoms with E-state index in [4.69, 9.17) is 0 Å². The molecule has 2 N–H and O–H groups in total. The fourth-order valence-corrected chi connectivity index (χ4v) is 1.97. The molecule has 5 nitrogen and oxygen atoms in total. The molecule has 0 aromatic carbocycles. The highest BCUT2D eigenvalue weighted by Crippen LogP contribution is 2.22. The van der Waals surface area contributed by atoms with E-state index in [1.54, 1.807) is 0 Å². The first-order chi connectivity index (χ1) is 9.35. The van der Waals surface area contributed by atoms with Crippen LogP contribution in [0.15, 0.2) is 0 Å². The van der Waals surface area contributed by atoms with Crippen molar-refractivity contribution in [2.45, 2.75) is 66.2 Å². The number of nitrogens with zero attached hydrogens (tertiary/aromatic N) is 2. The predicted octanol–water partition coefficient (Wildman–Crippen LogP) is 3.26. The lowest BCUT2D eigenvalue weighted by Crippen LogP contribution is -2.34. The van der Waals surface area contributed by atoms with Gasteiger partial charge in [0.15, 0.2) is 0 Å². The maximum Gasteiger partial charge on any atom is 0.290 e. The van der Waals surface area contributed by atoms with Gasteiger partial charge in [-0.1, -0.05) is 53.9 Å². The SMILES string of the molecule is CCCCCC(C)(C)CNC(=O)c1n[nH]c(C(C)C)n1. The number of carbonyl (C=O) groups is 1. The molecular weight excluding hydrogens is 252 g/mol. The summed E-state index contributed by atoms with van der Waals surface area (Å²) in [5.74, 6) is 1.03. The Morgan fingerprint density at radius 1 is 1.35 bits per heavy atom. The number of aromatic amines is 1. The molecule has 1 heterocycles. The molecule has 0 aliphatic rings. The number of rotatable bonds is 8. The van der Waals surface area contributed by atoms with Crippen molar-refractivity contribution in [3.05, 3.63) is 11.6 Å². The molecule has 114 valence electrons. The fraction of sp³-hybridized carbons (Fsp3) is 0.800. The van der Waals surface area contributed by atoms with Crippen molar-refractivity contribution >= 4 is 5.91 Å². The van der Waals surface area contributed by atoms with Crippen LogP contribution in [0.3, 0.4) is 0 Å². The maximum atomic E-state index is 12.0. The van der Waals surface area contributed by atoms with Gasteiger partial charge in [0.25, 0.3) is 5.91 Å². The van der Waals surface area contributed by atoms with E-state index in [-0.39, 0.29) is 23.1 Å². The Morgan fingerprint density at radius 2 is 2.05 bits per heavy atom. The van der Waals surface area contributed by atoms with Gasteiger partial charge in [-0.05, 0) is 11.8 Å². The zero-order chi connectivity index (χ0) is 15.2. The highest BCUT2D eigenvalue weighted by molar-refractivity contribution is 5.90. The van der Waals surface area contributed by atoms with Crippen molar-refractivity contribution in [2.75, 3.05) is 6.54 Å².